The lowest BCUT2D eigenvalue weighted by Gasteiger charge is -2.31. The molecule has 1 aliphatic heterocycles. The van der Waals surface area contributed by atoms with E-state index in [2.05, 4.69) is 52.9 Å². The normalized spacial score (nSPS) is 14.0. The second-order valence-electron chi connectivity index (χ2n) is 13.4. The van der Waals surface area contributed by atoms with E-state index in [1.54, 1.807) is 11.9 Å². The van der Waals surface area contributed by atoms with Crippen molar-refractivity contribution in [3.63, 3.8) is 0 Å². The van der Waals surface area contributed by atoms with Gasteiger partial charge in [-0.1, -0.05) is 78.9 Å². The van der Waals surface area contributed by atoms with Crippen molar-refractivity contribution in [1.82, 2.24) is 15.5 Å². The molecule has 5 rings (SSSR count). The van der Waals surface area contributed by atoms with Gasteiger partial charge in [-0.3, -0.25) is 14.9 Å². The summed E-state index contributed by atoms with van der Waals surface area (Å²) >= 11 is 0. The number of nitrogens with zero attached hydrogens (tertiary/aromatic N) is 2. The van der Waals surface area contributed by atoms with Gasteiger partial charge in [-0.2, -0.15) is 0 Å². The number of benzene rings is 4. The van der Waals surface area contributed by atoms with Crippen molar-refractivity contribution < 1.29 is 19.1 Å². The first-order chi connectivity index (χ1) is 24.7. The maximum Gasteiger partial charge on any atom is 0.411 e. The molecule has 1 atom stereocenters. The summed E-state index contributed by atoms with van der Waals surface area (Å²) in [5.74, 6) is -0.0131. The lowest BCUT2D eigenvalue weighted by atomic mass is 9.97. The van der Waals surface area contributed by atoms with E-state index in [-0.39, 0.29) is 24.3 Å². The van der Waals surface area contributed by atoms with Crippen LogP contribution in [0.2, 0.25) is 0 Å². The molecule has 4 aromatic rings. The molecule has 9 nitrogen and oxygen atoms in total. The summed E-state index contributed by atoms with van der Waals surface area (Å²) in [5, 5.41) is 9.27. The number of anilines is 2. The molecule has 0 spiro atoms. The van der Waals surface area contributed by atoms with E-state index in [9.17, 15) is 14.4 Å². The monoisotopic (exact) mass is 689 g/mol. The third-order valence-electron chi connectivity index (χ3n) is 9.81. The molecule has 0 bridgehead atoms. The van der Waals surface area contributed by atoms with Gasteiger partial charge in [-0.15, -0.1) is 0 Å². The first-order valence-electron chi connectivity index (χ1n) is 17.9. The van der Waals surface area contributed by atoms with Crippen molar-refractivity contribution in [2.24, 2.45) is 0 Å². The Balaban J connectivity index is 1.01. The molecular formula is C42H51N5O4. The maximum absolute atomic E-state index is 13.1. The Kier molecular flexibility index (Phi) is 13.4. The van der Waals surface area contributed by atoms with Gasteiger partial charge in [-0.05, 0) is 86.2 Å². The zero-order valence-corrected chi connectivity index (χ0v) is 30.3. The Hall–Kier alpha value is -4.99. The molecule has 268 valence electrons. The van der Waals surface area contributed by atoms with E-state index >= 15 is 0 Å². The van der Waals surface area contributed by atoms with Crippen LogP contribution in [0.1, 0.15) is 48.4 Å². The Morgan fingerprint density at radius 3 is 2.29 bits per heavy atom. The molecule has 1 unspecified atom stereocenters. The van der Waals surface area contributed by atoms with Crippen molar-refractivity contribution in [2.45, 2.75) is 64.6 Å². The Morgan fingerprint density at radius 2 is 1.57 bits per heavy atom. The van der Waals surface area contributed by atoms with Crippen molar-refractivity contribution in [3.05, 3.63) is 119 Å². The summed E-state index contributed by atoms with van der Waals surface area (Å²) in [5.41, 5.74) is 8.00. The summed E-state index contributed by atoms with van der Waals surface area (Å²) in [6, 6.07) is 31.9. The number of carbonyl (C=O) groups excluding carboxylic acids is 3. The van der Waals surface area contributed by atoms with Gasteiger partial charge in [0.15, 0.2) is 0 Å². The number of rotatable bonds is 14. The fourth-order valence-corrected chi connectivity index (χ4v) is 6.43. The smallest absolute Gasteiger partial charge is 0.411 e. The molecule has 3 N–H and O–H groups in total. The lowest BCUT2D eigenvalue weighted by Crippen LogP contribution is -2.40. The summed E-state index contributed by atoms with van der Waals surface area (Å²) < 4.78 is 5.77. The highest BCUT2D eigenvalue weighted by molar-refractivity contribution is 5.93. The third kappa shape index (κ3) is 10.7. The zero-order chi connectivity index (χ0) is 36.2. The minimum atomic E-state index is -0.452. The fourth-order valence-electron chi connectivity index (χ4n) is 6.43. The number of likely N-dealkylation sites (tertiary alicyclic amines) is 1. The van der Waals surface area contributed by atoms with Gasteiger partial charge in [0.25, 0.3) is 0 Å². The molecule has 1 heterocycles. The van der Waals surface area contributed by atoms with Gasteiger partial charge in [-0.25, -0.2) is 4.79 Å². The average molecular weight is 690 g/mol. The van der Waals surface area contributed by atoms with E-state index in [0.717, 1.165) is 60.3 Å². The minimum Gasteiger partial charge on any atom is -0.446 e. The number of nitrogens with one attached hydrogen (secondary N) is 3. The van der Waals surface area contributed by atoms with E-state index in [4.69, 9.17) is 4.74 Å². The Morgan fingerprint density at radius 1 is 0.882 bits per heavy atom. The lowest BCUT2D eigenvalue weighted by molar-refractivity contribution is -0.120. The number of para-hydroxylation sites is 1. The van der Waals surface area contributed by atoms with Crippen molar-refractivity contribution in [3.8, 4) is 11.1 Å². The fraction of sp³-hybridized carbons (Fsp3) is 0.357. The molecule has 1 aliphatic rings. The number of hydrogen-bond acceptors (Lipinski definition) is 6. The van der Waals surface area contributed by atoms with E-state index < -0.39 is 6.09 Å². The summed E-state index contributed by atoms with van der Waals surface area (Å²) in [4.78, 5) is 42.5. The van der Waals surface area contributed by atoms with Crippen molar-refractivity contribution >= 4 is 29.3 Å². The quantitative estimate of drug-likeness (QED) is 0.136. The molecule has 0 radical (unpaired) electrons. The highest BCUT2D eigenvalue weighted by Gasteiger charge is 2.24. The number of ether oxygens (including phenoxy) is 1. The van der Waals surface area contributed by atoms with Gasteiger partial charge < -0.3 is 25.2 Å². The van der Waals surface area contributed by atoms with Gasteiger partial charge in [0.2, 0.25) is 11.8 Å². The number of piperidine rings is 1. The molecule has 0 aromatic heterocycles. The van der Waals surface area contributed by atoms with Crippen LogP contribution in [0.25, 0.3) is 11.1 Å². The average Bonchev–Trinajstić information content (AvgIpc) is 3.15. The van der Waals surface area contributed by atoms with Crippen molar-refractivity contribution in [1.29, 1.82) is 0 Å². The molecule has 9 heteroatoms. The molecule has 0 saturated carbocycles. The molecular weight excluding hydrogens is 638 g/mol. The zero-order valence-electron chi connectivity index (χ0n) is 30.3. The summed E-state index contributed by atoms with van der Waals surface area (Å²) in [6.45, 7) is 6.92. The van der Waals surface area contributed by atoms with Crippen LogP contribution in [0.4, 0.5) is 16.2 Å². The van der Waals surface area contributed by atoms with Gasteiger partial charge in [0.1, 0.15) is 6.10 Å². The van der Waals surface area contributed by atoms with Crippen LogP contribution in [-0.4, -0.2) is 68.7 Å². The van der Waals surface area contributed by atoms with Crippen LogP contribution in [0.15, 0.2) is 97.1 Å². The Labute approximate surface area is 302 Å². The largest absolute Gasteiger partial charge is 0.446 e. The molecule has 1 fully saturated rings. The highest BCUT2D eigenvalue weighted by Crippen LogP contribution is 2.28. The molecule has 0 aliphatic carbocycles. The van der Waals surface area contributed by atoms with Crippen LogP contribution in [0.5, 0.6) is 0 Å². The SMILES string of the molecule is CNC(C)Cc1cccc(CNC(=O)Cc2ccc(N(C)C(=O)CCN3CCC(OC(=O)Nc4ccccc4-c4ccccc4)CC3)cc2)c1C. The van der Waals surface area contributed by atoms with Crippen LogP contribution in [-0.2, 0) is 33.7 Å². The summed E-state index contributed by atoms with van der Waals surface area (Å²) in [7, 11) is 3.75. The van der Waals surface area contributed by atoms with Crippen LogP contribution in [0.3, 0.4) is 0 Å². The van der Waals surface area contributed by atoms with Crippen LogP contribution < -0.4 is 20.9 Å². The molecule has 51 heavy (non-hydrogen) atoms. The first-order valence-corrected chi connectivity index (χ1v) is 17.9. The predicted molar refractivity (Wildman–Crippen MR) is 205 cm³/mol. The Bertz CT molecular complexity index is 1750. The van der Waals surface area contributed by atoms with Crippen molar-refractivity contribution in [2.75, 3.05) is 43.9 Å². The number of carbonyl (C=O) groups is 3. The minimum absolute atomic E-state index is 0.0250. The van der Waals surface area contributed by atoms with E-state index in [1.807, 2.05) is 85.9 Å². The number of hydrogen-bond donors (Lipinski definition) is 3. The first kappa shape index (κ1) is 37.3. The maximum atomic E-state index is 13.1. The second-order valence-corrected chi connectivity index (χ2v) is 13.4. The predicted octanol–water partition coefficient (Wildman–Crippen LogP) is 6.74. The molecule has 4 aromatic carbocycles. The van der Waals surface area contributed by atoms with Gasteiger partial charge in [0, 0.05) is 56.9 Å². The van der Waals surface area contributed by atoms with Gasteiger partial charge >= 0.3 is 6.09 Å². The second kappa shape index (κ2) is 18.3. The molecule has 3 amide bonds. The number of likely N-dealkylation sites (N-methyl/N-ethyl adjacent to an activating group) is 1. The van der Waals surface area contributed by atoms with Crippen LogP contribution in [0, 0.1) is 6.92 Å². The van der Waals surface area contributed by atoms with Crippen LogP contribution >= 0.6 is 0 Å². The third-order valence-corrected chi connectivity index (χ3v) is 9.81. The van der Waals surface area contributed by atoms with Gasteiger partial charge in [0.05, 0.1) is 12.1 Å². The standard InChI is InChI=1S/C42H51N5O4/c1-30(43-3)27-34-13-10-14-35(31(34)2)29-44-40(48)28-32-17-19-36(20-18-32)46(4)41(49)23-26-47-24-21-37(22-25-47)51-42(50)45-39-16-9-8-15-38(39)33-11-6-5-7-12-33/h5-20,30,37,43H,21-29H2,1-4H3,(H,44,48)(H,45,50). The highest BCUT2D eigenvalue weighted by atomic mass is 16.6. The number of amides is 3. The topological polar surface area (TPSA) is 103 Å². The molecule has 1 saturated heterocycles. The van der Waals surface area contributed by atoms with E-state index in [0.29, 0.717) is 31.2 Å². The summed E-state index contributed by atoms with van der Waals surface area (Å²) in [6.07, 6.45) is 2.41. The van der Waals surface area contributed by atoms with E-state index in [1.165, 1.54) is 11.1 Å².